The van der Waals surface area contributed by atoms with Crippen molar-refractivity contribution < 1.29 is 18.7 Å². The van der Waals surface area contributed by atoms with Crippen LogP contribution < -0.4 is 15.0 Å². The first-order chi connectivity index (χ1) is 12.6. The average molecular weight is 423 g/mol. The SMILES string of the molecule is O=C(CCOc1ccc(F)cc1)Nc1cc(Br)ccc1N1CCOCC1. The summed E-state index contributed by atoms with van der Waals surface area (Å²) in [6, 6.07) is 11.6. The highest BCUT2D eigenvalue weighted by molar-refractivity contribution is 9.10. The Labute approximate surface area is 160 Å². The second kappa shape index (κ2) is 9.00. The first kappa shape index (κ1) is 18.7. The smallest absolute Gasteiger partial charge is 0.227 e. The van der Waals surface area contributed by atoms with Gasteiger partial charge in [-0.05, 0) is 42.5 Å². The van der Waals surface area contributed by atoms with Gasteiger partial charge in [0.15, 0.2) is 0 Å². The van der Waals surface area contributed by atoms with E-state index >= 15 is 0 Å². The standard InChI is InChI=1S/C19H20BrFN2O3/c20-14-1-6-18(23-8-11-25-12-9-23)17(13-14)22-19(24)7-10-26-16-4-2-15(21)3-5-16/h1-6,13H,7-12H2,(H,22,24). The van der Waals surface area contributed by atoms with Crippen LogP contribution in [0.25, 0.3) is 0 Å². The molecule has 138 valence electrons. The van der Waals surface area contributed by atoms with Crippen molar-refractivity contribution in [3.8, 4) is 5.75 Å². The molecule has 2 aromatic rings. The van der Waals surface area contributed by atoms with Crippen molar-refractivity contribution in [2.24, 2.45) is 0 Å². The molecule has 3 rings (SSSR count). The first-order valence-electron chi connectivity index (χ1n) is 8.42. The van der Waals surface area contributed by atoms with Crippen molar-refractivity contribution in [3.05, 3.63) is 52.8 Å². The third kappa shape index (κ3) is 5.19. The van der Waals surface area contributed by atoms with E-state index in [2.05, 4.69) is 26.1 Å². The molecule has 1 heterocycles. The van der Waals surface area contributed by atoms with Crippen LogP contribution in [-0.4, -0.2) is 38.8 Å². The lowest BCUT2D eigenvalue weighted by atomic mass is 10.2. The Bertz CT molecular complexity index is 749. The largest absolute Gasteiger partial charge is 0.493 e. The molecule has 0 spiro atoms. The Hall–Kier alpha value is -2.12. The number of benzene rings is 2. The molecule has 7 heteroatoms. The van der Waals surface area contributed by atoms with Gasteiger partial charge in [-0.25, -0.2) is 4.39 Å². The number of nitrogens with one attached hydrogen (secondary N) is 1. The third-order valence-corrected chi connectivity index (χ3v) is 4.49. The molecule has 0 aromatic heterocycles. The van der Waals surface area contributed by atoms with E-state index in [1.165, 1.54) is 24.3 Å². The van der Waals surface area contributed by atoms with Crippen LogP contribution in [0.15, 0.2) is 46.9 Å². The number of amides is 1. The Morgan fingerprint density at radius 3 is 2.65 bits per heavy atom. The maximum Gasteiger partial charge on any atom is 0.227 e. The summed E-state index contributed by atoms with van der Waals surface area (Å²) in [5, 5.41) is 2.95. The van der Waals surface area contributed by atoms with Crippen molar-refractivity contribution in [1.82, 2.24) is 0 Å². The van der Waals surface area contributed by atoms with E-state index < -0.39 is 0 Å². The molecule has 1 saturated heterocycles. The number of carbonyl (C=O) groups excluding carboxylic acids is 1. The summed E-state index contributed by atoms with van der Waals surface area (Å²) in [4.78, 5) is 14.5. The van der Waals surface area contributed by atoms with Crippen LogP contribution in [0.4, 0.5) is 15.8 Å². The van der Waals surface area contributed by atoms with Crippen molar-refractivity contribution in [1.29, 1.82) is 0 Å². The second-order valence-corrected chi connectivity index (χ2v) is 6.78. The zero-order valence-electron chi connectivity index (χ0n) is 14.2. The Balaban J connectivity index is 1.57. The molecule has 1 fully saturated rings. The molecule has 5 nitrogen and oxygen atoms in total. The van der Waals surface area contributed by atoms with E-state index in [4.69, 9.17) is 9.47 Å². The molecule has 1 aliphatic heterocycles. The number of anilines is 2. The molecule has 0 radical (unpaired) electrons. The molecule has 1 amide bonds. The van der Waals surface area contributed by atoms with E-state index in [-0.39, 0.29) is 24.8 Å². The van der Waals surface area contributed by atoms with Crippen LogP contribution in [-0.2, 0) is 9.53 Å². The summed E-state index contributed by atoms with van der Waals surface area (Å²) in [6.07, 6.45) is 0.201. The van der Waals surface area contributed by atoms with Crippen molar-refractivity contribution in [2.45, 2.75) is 6.42 Å². The van der Waals surface area contributed by atoms with Gasteiger partial charge in [0.05, 0.1) is 37.6 Å². The van der Waals surface area contributed by atoms with Gasteiger partial charge in [0.2, 0.25) is 5.91 Å². The van der Waals surface area contributed by atoms with Gasteiger partial charge in [-0.1, -0.05) is 15.9 Å². The maximum atomic E-state index is 12.9. The lowest BCUT2D eigenvalue weighted by Gasteiger charge is -2.30. The molecule has 0 unspecified atom stereocenters. The number of nitrogens with zero attached hydrogens (tertiary/aromatic N) is 1. The van der Waals surface area contributed by atoms with Crippen LogP contribution in [0.1, 0.15) is 6.42 Å². The lowest BCUT2D eigenvalue weighted by Crippen LogP contribution is -2.36. The number of carbonyl (C=O) groups is 1. The van der Waals surface area contributed by atoms with Crippen LogP contribution in [0.3, 0.4) is 0 Å². The normalized spacial score (nSPS) is 14.2. The van der Waals surface area contributed by atoms with Crippen molar-refractivity contribution in [2.75, 3.05) is 43.1 Å². The zero-order chi connectivity index (χ0) is 18.4. The van der Waals surface area contributed by atoms with Gasteiger partial charge >= 0.3 is 0 Å². The molecule has 0 saturated carbocycles. The number of hydrogen-bond donors (Lipinski definition) is 1. The average Bonchev–Trinajstić information content (AvgIpc) is 2.64. The Morgan fingerprint density at radius 2 is 1.92 bits per heavy atom. The molecular formula is C19H20BrFN2O3. The molecule has 26 heavy (non-hydrogen) atoms. The molecule has 0 aliphatic carbocycles. The highest BCUT2D eigenvalue weighted by atomic mass is 79.9. The second-order valence-electron chi connectivity index (χ2n) is 5.86. The van der Waals surface area contributed by atoms with Gasteiger partial charge in [0.1, 0.15) is 11.6 Å². The quantitative estimate of drug-likeness (QED) is 0.768. The minimum absolute atomic E-state index is 0.139. The van der Waals surface area contributed by atoms with Crippen LogP contribution >= 0.6 is 15.9 Å². The lowest BCUT2D eigenvalue weighted by molar-refractivity contribution is -0.116. The number of morpholine rings is 1. The predicted octanol–water partition coefficient (Wildman–Crippen LogP) is 3.83. The minimum atomic E-state index is -0.319. The third-order valence-electron chi connectivity index (χ3n) is 4.00. The highest BCUT2D eigenvalue weighted by Crippen LogP contribution is 2.30. The summed E-state index contributed by atoms with van der Waals surface area (Å²) in [5.74, 6) is 0.0794. The number of rotatable bonds is 6. The fraction of sp³-hybridized carbons (Fsp3) is 0.316. The van der Waals surface area contributed by atoms with Crippen LogP contribution in [0.2, 0.25) is 0 Å². The van der Waals surface area contributed by atoms with Gasteiger partial charge < -0.3 is 19.7 Å². The van der Waals surface area contributed by atoms with Crippen LogP contribution in [0.5, 0.6) is 5.75 Å². The number of halogens is 2. The topological polar surface area (TPSA) is 50.8 Å². The molecule has 0 atom stereocenters. The summed E-state index contributed by atoms with van der Waals surface area (Å²) in [6.45, 7) is 3.15. The van der Waals surface area contributed by atoms with Crippen molar-refractivity contribution in [3.63, 3.8) is 0 Å². The predicted molar refractivity (Wildman–Crippen MR) is 102 cm³/mol. The molecule has 0 bridgehead atoms. The molecule has 1 N–H and O–H groups in total. The minimum Gasteiger partial charge on any atom is -0.493 e. The van der Waals surface area contributed by atoms with E-state index in [9.17, 15) is 9.18 Å². The Kier molecular flexibility index (Phi) is 6.46. The van der Waals surface area contributed by atoms with Gasteiger partial charge in [-0.3, -0.25) is 4.79 Å². The molecular weight excluding hydrogens is 403 g/mol. The van der Waals surface area contributed by atoms with E-state index in [0.717, 1.165) is 28.9 Å². The number of ether oxygens (including phenoxy) is 2. The van der Waals surface area contributed by atoms with E-state index in [1.807, 2.05) is 18.2 Å². The summed E-state index contributed by atoms with van der Waals surface area (Å²) in [7, 11) is 0. The molecule has 1 aliphatic rings. The summed E-state index contributed by atoms with van der Waals surface area (Å²) >= 11 is 3.45. The van der Waals surface area contributed by atoms with Gasteiger partial charge in [-0.15, -0.1) is 0 Å². The number of hydrogen-bond acceptors (Lipinski definition) is 4. The van der Waals surface area contributed by atoms with Crippen LogP contribution in [0, 0.1) is 5.82 Å². The fourth-order valence-corrected chi connectivity index (χ4v) is 3.05. The maximum absolute atomic E-state index is 12.9. The Morgan fingerprint density at radius 1 is 1.19 bits per heavy atom. The molecule has 2 aromatic carbocycles. The van der Waals surface area contributed by atoms with Gasteiger partial charge in [-0.2, -0.15) is 0 Å². The van der Waals surface area contributed by atoms with E-state index in [1.54, 1.807) is 0 Å². The van der Waals surface area contributed by atoms with Crippen molar-refractivity contribution >= 4 is 33.2 Å². The summed E-state index contributed by atoms with van der Waals surface area (Å²) < 4.78 is 24.6. The summed E-state index contributed by atoms with van der Waals surface area (Å²) in [5.41, 5.74) is 1.73. The first-order valence-corrected chi connectivity index (χ1v) is 9.21. The van der Waals surface area contributed by atoms with Gasteiger partial charge in [0.25, 0.3) is 0 Å². The monoisotopic (exact) mass is 422 g/mol. The van der Waals surface area contributed by atoms with Gasteiger partial charge in [0, 0.05) is 17.6 Å². The zero-order valence-corrected chi connectivity index (χ0v) is 15.8. The van der Waals surface area contributed by atoms with E-state index in [0.29, 0.717) is 19.0 Å². The highest BCUT2D eigenvalue weighted by Gasteiger charge is 2.16. The fourth-order valence-electron chi connectivity index (χ4n) is 2.69.